The van der Waals surface area contributed by atoms with Crippen LogP contribution in [0.5, 0.6) is 5.88 Å². The zero-order chi connectivity index (χ0) is 19.7. The van der Waals surface area contributed by atoms with Gasteiger partial charge in [0.2, 0.25) is 5.88 Å². The van der Waals surface area contributed by atoms with Crippen molar-refractivity contribution in [3.8, 4) is 11.6 Å². The summed E-state index contributed by atoms with van der Waals surface area (Å²) in [4.78, 5) is 4.05. The van der Waals surface area contributed by atoms with Crippen molar-refractivity contribution in [1.82, 2.24) is 14.8 Å². The number of halogens is 2. The summed E-state index contributed by atoms with van der Waals surface area (Å²) in [6.07, 6.45) is 3.01. The molecule has 0 amide bonds. The van der Waals surface area contributed by atoms with Crippen LogP contribution in [0.3, 0.4) is 0 Å². The molecule has 0 bridgehead atoms. The zero-order valence-electron chi connectivity index (χ0n) is 15.0. The second-order valence-corrected chi connectivity index (χ2v) is 6.39. The summed E-state index contributed by atoms with van der Waals surface area (Å²) >= 11 is 0. The minimum atomic E-state index is -1.84. The van der Waals surface area contributed by atoms with Crippen LogP contribution in [0.25, 0.3) is 16.6 Å². The van der Waals surface area contributed by atoms with Gasteiger partial charge in [0.05, 0.1) is 24.5 Å². The first kappa shape index (κ1) is 18.1. The number of aliphatic hydroxyl groups is 1. The highest BCUT2D eigenvalue weighted by atomic mass is 19.1. The van der Waals surface area contributed by atoms with Crippen LogP contribution in [-0.4, -0.2) is 33.7 Å². The fraction of sp³-hybridized carbons (Fsp3) is 0.143. The highest BCUT2D eigenvalue weighted by Gasteiger charge is 2.32. The third-order valence-electron chi connectivity index (χ3n) is 4.73. The third kappa shape index (κ3) is 2.99. The first-order valence-corrected chi connectivity index (χ1v) is 8.58. The van der Waals surface area contributed by atoms with E-state index < -0.39 is 12.3 Å². The summed E-state index contributed by atoms with van der Waals surface area (Å²) in [5.74, 6) is 0.0459. The predicted octanol–water partition coefficient (Wildman–Crippen LogP) is 3.77. The third-order valence-corrected chi connectivity index (χ3v) is 4.73. The number of ether oxygens (including phenoxy) is 1. The minimum Gasteiger partial charge on any atom is -0.481 e. The van der Waals surface area contributed by atoms with Gasteiger partial charge in [-0.05, 0) is 48.0 Å². The Morgan fingerprint density at radius 3 is 2.43 bits per heavy atom. The number of hydrogen-bond acceptors (Lipinski definition) is 4. The minimum absolute atomic E-state index is 0.320. The van der Waals surface area contributed by atoms with Crippen LogP contribution < -0.4 is 4.74 Å². The zero-order valence-corrected chi connectivity index (χ0v) is 15.0. The molecule has 4 aromatic rings. The fourth-order valence-electron chi connectivity index (χ4n) is 3.14. The van der Waals surface area contributed by atoms with E-state index in [4.69, 9.17) is 4.74 Å². The van der Waals surface area contributed by atoms with Crippen molar-refractivity contribution in [3.63, 3.8) is 0 Å². The molecule has 0 aliphatic heterocycles. The number of hydrogen-bond donors (Lipinski definition) is 1. The molecule has 2 aromatic heterocycles. The first-order valence-electron chi connectivity index (χ1n) is 8.58. The lowest BCUT2D eigenvalue weighted by Crippen LogP contribution is -2.30. The van der Waals surface area contributed by atoms with Crippen LogP contribution in [0.4, 0.5) is 8.78 Å². The molecule has 0 aliphatic carbocycles. The molecule has 2 aromatic carbocycles. The van der Waals surface area contributed by atoms with Gasteiger partial charge < -0.3 is 9.84 Å². The Morgan fingerprint density at radius 2 is 1.79 bits per heavy atom. The quantitative estimate of drug-likeness (QED) is 0.572. The largest absolute Gasteiger partial charge is 0.481 e. The van der Waals surface area contributed by atoms with Crippen molar-refractivity contribution in [1.29, 1.82) is 0 Å². The summed E-state index contributed by atoms with van der Waals surface area (Å²) in [6, 6.07) is 14.2. The van der Waals surface area contributed by atoms with Crippen molar-refractivity contribution in [2.45, 2.75) is 5.60 Å². The van der Waals surface area contributed by atoms with Crippen LogP contribution in [0.15, 0.2) is 67.0 Å². The first-order chi connectivity index (χ1) is 13.5. The molecule has 1 unspecified atom stereocenters. The second-order valence-electron chi connectivity index (χ2n) is 6.39. The van der Waals surface area contributed by atoms with Crippen molar-refractivity contribution < 1.29 is 18.6 Å². The highest BCUT2D eigenvalue weighted by Crippen LogP contribution is 2.33. The summed E-state index contributed by atoms with van der Waals surface area (Å²) < 4.78 is 33.8. The normalized spacial score (nSPS) is 13.4. The Labute approximate surface area is 159 Å². The molecule has 0 fully saturated rings. The maximum atomic E-state index is 13.9. The number of aromatic nitrogens is 3. The van der Waals surface area contributed by atoms with Crippen molar-refractivity contribution >= 4 is 10.9 Å². The van der Waals surface area contributed by atoms with Gasteiger partial charge in [-0.1, -0.05) is 6.07 Å². The molecule has 0 radical (unpaired) electrons. The standard InChI is InChI=1S/C21H17F2N3O2/c1-28-20-9-3-16(12-24-20)21(27,13-22)15-2-8-19-14(10-15)11-25-26(19)18-6-4-17(23)5-7-18/h2-12,27H,13H2,1H3. The average molecular weight is 381 g/mol. The molecular weight excluding hydrogens is 364 g/mol. The van der Waals surface area contributed by atoms with Crippen LogP contribution >= 0.6 is 0 Å². The van der Waals surface area contributed by atoms with E-state index in [1.165, 1.54) is 25.4 Å². The molecule has 4 rings (SSSR count). The van der Waals surface area contributed by atoms with E-state index in [2.05, 4.69) is 10.1 Å². The number of nitrogens with zero attached hydrogens (tertiary/aromatic N) is 3. The molecule has 1 atom stereocenters. The van der Waals surface area contributed by atoms with Crippen LogP contribution in [-0.2, 0) is 5.60 Å². The van der Waals surface area contributed by atoms with Gasteiger partial charge >= 0.3 is 0 Å². The lowest BCUT2D eigenvalue weighted by Gasteiger charge is -2.26. The smallest absolute Gasteiger partial charge is 0.212 e. The number of rotatable bonds is 5. The van der Waals surface area contributed by atoms with E-state index in [1.54, 1.807) is 53.3 Å². The Bertz CT molecular complexity index is 1110. The summed E-state index contributed by atoms with van der Waals surface area (Å²) in [6.45, 7) is -1.02. The molecule has 0 saturated heterocycles. The Balaban J connectivity index is 1.77. The maximum Gasteiger partial charge on any atom is 0.212 e. The van der Waals surface area contributed by atoms with Crippen LogP contribution in [0.1, 0.15) is 11.1 Å². The van der Waals surface area contributed by atoms with E-state index in [0.717, 1.165) is 10.9 Å². The van der Waals surface area contributed by atoms with Crippen LogP contribution in [0.2, 0.25) is 0 Å². The van der Waals surface area contributed by atoms with Gasteiger partial charge in [-0.3, -0.25) is 0 Å². The number of methoxy groups -OCH3 is 1. The van der Waals surface area contributed by atoms with E-state index in [9.17, 15) is 13.9 Å². The summed E-state index contributed by atoms with van der Waals surface area (Å²) in [7, 11) is 1.48. The molecule has 0 spiro atoms. The Kier molecular flexibility index (Phi) is 4.52. The Hall–Kier alpha value is -3.32. The number of benzene rings is 2. The molecule has 28 heavy (non-hydrogen) atoms. The lowest BCUT2D eigenvalue weighted by molar-refractivity contribution is 0.0515. The van der Waals surface area contributed by atoms with Gasteiger partial charge in [0, 0.05) is 23.2 Å². The van der Waals surface area contributed by atoms with Crippen LogP contribution in [0, 0.1) is 5.82 Å². The summed E-state index contributed by atoms with van der Waals surface area (Å²) in [5, 5.41) is 16.1. The number of pyridine rings is 1. The van der Waals surface area contributed by atoms with Gasteiger partial charge in [-0.2, -0.15) is 5.10 Å². The van der Waals surface area contributed by atoms with Crippen molar-refractivity contribution in [3.05, 3.63) is 83.9 Å². The van der Waals surface area contributed by atoms with Gasteiger partial charge in [-0.25, -0.2) is 18.4 Å². The van der Waals surface area contributed by atoms with E-state index in [1.807, 2.05) is 0 Å². The Morgan fingerprint density at radius 1 is 1.04 bits per heavy atom. The average Bonchev–Trinajstić information content (AvgIpc) is 3.17. The molecule has 142 valence electrons. The van der Waals surface area contributed by atoms with Gasteiger partial charge in [0.15, 0.2) is 0 Å². The lowest BCUT2D eigenvalue weighted by atomic mass is 9.88. The molecule has 2 heterocycles. The van der Waals surface area contributed by atoms with Gasteiger partial charge in [-0.15, -0.1) is 0 Å². The number of fused-ring (bicyclic) bond motifs is 1. The van der Waals surface area contributed by atoms with E-state index in [-0.39, 0.29) is 5.82 Å². The summed E-state index contributed by atoms with van der Waals surface area (Å²) in [5.41, 5.74) is 0.314. The van der Waals surface area contributed by atoms with Crippen molar-refractivity contribution in [2.24, 2.45) is 0 Å². The SMILES string of the molecule is COc1ccc(C(O)(CF)c2ccc3c(cnn3-c3ccc(F)cc3)c2)cn1. The number of alkyl halides is 1. The topological polar surface area (TPSA) is 60.2 Å². The molecular formula is C21H17F2N3O2. The molecule has 1 N–H and O–H groups in total. The van der Waals surface area contributed by atoms with Crippen molar-refractivity contribution in [2.75, 3.05) is 13.8 Å². The highest BCUT2D eigenvalue weighted by molar-refractivity contribution is 5.81. The maximum absolute atomic E-state index is 13.9. The predicted molar refractivity (Wildman–Crippen MR) is 101 cm³/mol. The monoisotopic (exact) mass is 381 g/mol. The van der Waals surface area contributed by atoms with E-state index in [0.29, 0.717) is 22.7 Å². The molecule has 5 nitrogen and oxygen atoms in total. The molecule has 7 heteroatoms. The van der Waals surface area contributed by atoms with Gasteiger partial charge in [0.1, 0.15) is 18.1 Å². The second kappa shape index (κ2) is 7.01. The molecule has 0 aliphatic rings. The molecule has 0 saturated carbocycles. The van der Waals surface area contributed by atoms with E-state index >= 15 is 0 Å². The fourth-order valence-corrected chi connectivity index (χ4v) is 3.14. The van der Waals surface area contributed by atoms with Gasteiger partial charge in [0.25, 0.3) is 0 Å².